The predicted octanol–water partition coefficient (Wildman–Crippen LogP) is 8.34. The number of hydrogen-bond acceptors (Lipinski definition) is 4. The summed E-state index contributed by atoms with van der Waals surface area (Å²) in [6.45, 7) is 0. The molecule has 1 aromatic heterocycles. The first-order valence-electron chi connectivity index (χ1n) is 12.0. The zero-order chi connectivity index (χ0) is 27.4. The molecule has 192 valence electrons. The van der Waals surface area contributed by atoms with E-state index in [0.29, 0.717) is 9.92 Å². The highest BCUT2D eigenvalue weighted by Crippen LogP contribution is 2.42. The van der Waals surface area contributed by atoms with Crippen LogP contribution in [0.5, 0.6) is 0 Å². The molecule has 5 aromatic rings. The second-order valence-electron chi connectivity index (χ2n) is 8.81. The van der Waals surface area contributed by atoms with Crippen molar-refractivity contribution in [1.29, 1.82) is 0 Å². The number of thioether (sulfide) groups is 1. The van der Waals surface area contributed by atoms with Gasteiger partial charge in [0.2, 0.25) is 0 Å². The van der Waals surface area contributed by atoms with Crippen LogP contribution in [-0.4, -0.2) is 27.1 Å². The number of pyridine rings is 1. The summed E-state index contributed by atoms with van der Waals surface area (Å²) >= 11 is 7.50. The van der Waals surface area contributed by atoms with E-state index in [2.05, 4.69) is 4.98 Å². The van der Waals surface area contributed by atoms with E-state index in [1.165, 1.54) is 11.8 Å². The first-order chi connectivity index (χ1) is 18.9. The van der Waals surface area contributed by atoms with Crippen LogP contribution in [0.4, 0.5) is 0 Å². The van der Waals surface area contributed by atoms with Crippen molar-refractivity contribution in [2.45, 2.75) is 10.1 Å². The van der Waals surface area contributed by atoms with Crippen molar-refractivity contribution >= 4 is 58.4 Å². The topological polar surface area (TPSA) is 87.5 Å². The van der Waals surface area contributed by atoms with Crippen molar-refractivity contribution in [3.05, 3.63) is 142 Å². The maximum atomic E-state index is 11.9. The van der Waals surface area contributed by atoms with Gasteiger partial charge in [-0.3, -0.25) is 0 Å². The Balaban J connectivity index is 1.52. The van der Waals surface area contributed by atoms with Gasteiger partial charge < -0.3 is 10.2 Å². The third-order valence-corrected chi connectivity index (χ3v) is 7.76. The van der Waals surface area contributed by atoms with E-state index in [1.807, 2.05) is 72.8 Å². The average Bonchev–Trinajstić information content (AvgIpc) is 2.95. The molecule has 1 unspecified atom stereocenters. The summed E-state index contributed by atoms with van der Waals surface area (Å²) in [6.07, 6.45) is 3.88. The molecule has 5 rings (SSSR count). The summed E-state index contributed by atoms with van der Waals surface area (Å²) in [4.78, 5) is 28.8. The van der Waals surface area contributed by atoms with Crippen LogP contribution in [0, 0.1) is 0 Å². The van der Waals surface area contributed by atoms with Gasteiger partial charge in [0.15, 0.2) is 0 Å². The lowest BCUT2D eigenvalue weighted by Gasteiger charge is -2.20. The number of nitrogens with zero attached hydrogens (tertiary/aromatic N) is 1. The van der Waals surface area contributed by atoms with Gasteiger partial charge in [0, 0.05) is 15.3 Å². The molecule has 2 N–H and O–H groups in total. The van der Waals surface area contributed by atoms with Gasteiger partial charge >= 0.3 is 11.9 Å². The molecule has 4 aromatic carbocycles. The first kappa shape index (κ1) is 26.2. The molecule has 0 bridgehead atoms. The van der Waals surface area contributed by atoms with Crippen LogP contribution in [0.25, 0.3) is 23.1 Å². The van der Waals surface area contributed by atoms with E-state index >= 15 is 0 Å². The van der Waals surface area contributed by atoms with Gasteiger partial charge in [-0.25, -0.2) is 14.6 Å². The smallest absolute Gasteiger partial charge is 0.336 e. The number of carbonyl (C=O) groups is 2. The third kappa shape index (κ3) is 6.20. The number of rotatable bonds is 8. The minimum Gasteiger partial charge on any atom is -0.478 e. The van der Waals surface area contributed by atoms with Crippen molar-refractivity contribution < 1.29 is 19.8 Å². The summed E-state index contributed by atoms with van der Waals surface area (Å²) in [6, 6.07) is 31.0. The van der Waals surface area contributed by atoms with E-state index in [-0.39, 0.29) is 16.4 Å². The van der Waals surface area contributed by atoms with Crippen LogP contribution in [0.3, 0.4) is 0 Å². The Morgan fingerprint density at radius 3 is 2.31 bits per heavy atom. The zero-order valence-corrected chi connectivity index (χ0v) is 22.1. The Morgan fingerprint density at radius 1 is 0.769 bits per heavy atom. The Labute approximate surface area is 234 Å². The highest BCUT2D eigenvalue weighted by molar-refractivity contribution is 7.99. The lowest BCUT2D eigenvalue weighted by atomic mass is 10.00. The minimum absolute atomic E-state index is 0.170. The summed E-state index contributed by atoms with van der Waals surface area (Å²) in [5.41, 5.74) is 4.55. The second kappa shape index (κ2) is 11.6. The molecule has 0 radical (unpaired) electrons. The fraction of sp³-hybridized carbons (Fsp3) is 0.0312. The molecule has 1 heterocycles. The molecular formula is C32H22ClNO4S. The first-order valence-corrected chi connectivity index (χ1v) is 13.3. The maximum Gasteiger partial charge on any atom is 0.336 e. The number of halogens is 1. The van der Waals surface area contributed by atoms with E-state index in [0.717, 1.165) is 33.3 Å². The molecule has 0 amide bonds. The van der Waals surface area contributed by atoms with Gasteiger partial charge in [-0.1, -0.05) is 78.3 Å². The Kier molecular flexibility index (Phi) is 7.77. The van der Waals surface area contributed by atoms with E-state index in [4.69, 9.17) is 11.6 Å². The van der Waals surface area contributed by atoms with Crippen LogP contribution in [0.15, 0.2) is 108 Å². The lowest BCUT2D eigenvalue weighted by Crippen LogP contribution is -2.04. The summed E-state index contributed by atoms with van der Waals surface area (Å²) in [7, 11) is 0. The van der Waals surface area contributed by atoms with Crippen LogP contribution >= 0.6 is 23.4 Å². The molecule has 1 atom stereocenters. The highest BCUT2D eigenvalue weighted by atomic mass is 35.5. The molecule has 7 heteroatoms. The van der Waals surface area contributed by atoms with Gasteiger partial charge in [-0.2, -0.15) is 0 Å². The fourth-order valence-electron chi connectivity index (χ4n) is 4.24. The molecule has 0 saturated heterocycles. The summed E-state index contributed by atoms with van der Waals surface area (Å²) < 4.78 is 0. The Morgan fingerprint density at radius 2 is 1.51 bits per heavy atom. The number of fused-ring (bicyclic) bond motifs is 1. The molecule has 0 aliphatic carbocycles. The van der Waals surface area contributed by atoms with Gasteiger partial charge in [-0.05, 0) is 65.2 Å². The maximum absolute atomic E-state index is 11.9. The van der Waals surface area contributed by atoms with Crippen LogP contribution < -0.4 is 0 Å². The number of hydrogen-bond donors (Lipinski definition) is 2. The summed E-state index contributed by atoms with van der Waals surface area (Å²) in [5.74, 6) is -2.04. The fourth-order valence-corrected chi connectivity index (χ4v) is 5.67. The normalized spacial score (nSPS) is 12.0. The van der Waals surface area contributed by atoms with Gasteiger partial charge in [0.05, 0.1) is 27.6 Å². The van der Waals surface area contributed by atoms with E-state index in [1.54, 1.807) is 42.5 Å². The van der Waals surface area contributed by atoms with Gasteiger partial charge in [0.1, 0.15) is 0 Å². The monoisotopic (exact) mass is 551 g/mol. The molecule has 0 saturated carbocycles. The largest absolute Gasteiger partial charge is 0.478 e. The zero-order valence-electron chi connectivity index (χ0n) is 20.5. The predicted molar refractivity (Wildman–Crippen MR) is 157 cm³/mol. The number of carboxylic acids is 2. The number of benzene rings is 4. The van der Waals surface area contributed by atoms with Gasteiger partial charge in [-0.15, -0.1) is 11.8 Å². The van der Waals surface area contributed by atoms with Crippen molar-refractivity contribution in [3.63, 3.8) is 0 Å². The standard InChI is InChI=1S/C32H22ClNO4S/c33-25-14-12-21-13-16-26(34-28(21)19-25)15-11-20-5-3-6-22(17-20)30(23-7-4-8-24(18-23)31(35)36)39-29-10-2-1-9-27(29)32(37)38/h1-19,30H,(H,35,36)(H,37,38)/b15-11+. The second-order valence-corrected chi connectivity index (χ2v) is 10.4. The number of aromatic carboxylic acids is 2. The minimum atomic E-state index is -1.02. The molecule has 0 aliphatic rings. The molecule has 5 nitrogen and oxygen atoms in total. The van der Waals surface area contributed by atoms with E-state index < -0.39 is 11.9 Å². The number of carboxylic acid groups (broad SMARTS) is 2. The Bertz CT molecular complexity index is 1730. The molecular weight excluding hydrogens is 530 g/mol. The van der Waals surface area contributed by atoms with Crippen molar-refractivity contribution in [3.8, 4) is 0 Å². The quantitative estimate of drug-likeness (QED) is 0.188. The van der Waals surface area contributed by atoms with Crippen LogP contribution in [0.1, 0.15) is 48.4 Å². The van der Waals surface area contributed by atoms with Crippen molar-refractivity contribution in [1.82, 2.24) is 4.98 Å². The lowest BCUT2D eigenvalue weighted by molar-refractivity contribution is 0.0684. The molecule has 39 heavy (non-hydrogen) atoms. The highest BCUT2D eigenvalue weighted by Gasteiger charge is 2.21. The van der Waals surface area contributed by atoms with Gasteiger partial charge in [0.25, 0.3) is 0 Å². The molecule has 0 aliphatic heterocycles. The Hall–Kier alpha value is -4.39. The summed E-state index contributed by atoms with van der Waals surface area (Å²) in [5, 5.41) is 20.6. The van der Waals surface area contributed by atoms with Crippen LogP contribution in [-0.2, 0) is 0 Å². The molecule has 0 spiro atoms. The SMILES string of the molecule is O=C(O)c1cccc(C(Sc2ccccc2C(=O)O)c2cccc(/C=C/c3ccc4ccc(Cl)cc4n3)c2)c1. The molecule has 0 fully saturated rings. The van der Waals surface area contributed by atoms with E-state index in [9.17, 15) is 19.8 Å². The van der Waals surface area contributed by atoms with Crippen molar-refractivity contribution in [2.24, 2.45) is 0 Å². The third-order valence-electron chi connectivity index (χ3n) is 6.13. The van der Waals surface area contributed by atoms with Crippen molar-refractivity contribution in [2.75, 3.05) is 0 Å². The average molecular weight is 552 g/mol. The number of aromatic nitrogens is 1. The van der Waals surface area contributed by atoms with Crippen LogP contribution in [0.2, 0.25) is 5.02 Å².